The molecular weight excluding hydrogens is 248 g/mol. The SMILES string of the molecule is COc1cc(C)nc(NC(=O)c2cncc(O)c2)n1. The molecule has 19 heavy (non-hydrogen) atoms. The average Bonchev–Trinajstić information content (AvgIpc) is 2.38. The number of nitrogens with one attached hydrogen (secondary N) is 1. The van der Waals surface area contributed by atoms with Crippen LogP contribution in [-0.4, -0.2) is 33.1 Å². The Hall–Kier alpha value is -2.70. The summed E-state index contributed by atoms with van der Waals surface area (Å²) in [5.74, 6) is -0.0616. The van der Waals surface area contributed by atoms with Gasteiger partial charge in [0.1, 0.15) is 5.75 Å². The number of carbonyl (C=O) groups excluding carboxylic acids is 1. The van der Waals surface area contributed by atoms with Crippen molar-refractivity contribution in [1.82, 2.24) is 15.0 Å². The molecule has 0 saturated carbocycles. The van der Waals surface area contributed by atoms with Gasteiger partial charge in [0.05, 0.1) is 18.9 Å². The van der Waals surface area contributed by atoms with Crippen molar-refractivity contribution in [3.8, 4) is 11.6 Å². The standard InChI is InChI=1S/C12H12N4O3/c1-7-3-10(19-2)15-12(14-7)16-11(18)8-4-9(17)6-13-5-8/h3-6,17H,1-2H3,(H,14,15,16,18). The largest absolute Gasteiger partial charge is 0.506 e. The van der Waals surface area contributed by atoms with Crippen LogP contribution in [0.25, 0.3) is 0 Å². The molecule has 7 nitrogen and oxygen atoms in total. The first-order valence-electron chi connectivity index (χ1n) is 5.43. The molecule has 0 bridgehead atoms. The lowest BCUT2D eigenvalue weighted by atomic mass is 10.2. The van der Waals surface area contributed by atoms with E-state index in [0.717, 1.165) is 0 Å². The predicted molar refractivity (Wildman–Crippen MR) is 67.2 cm³/mol. The third-order valence-electron chi connectivity index (χ3n) is 2.25. The molecule has 2 aromatic heterocycles. The molecule has 0 aromatic carbocycles. The van der Waals surface area contributed by atoms with E-state index < -0.39 is 5.91 Å². The monoisotopic (exact) mass is 260 g/mol. The second-order valence-corrected chi connectivity index (χ2v) is 3.76. The topological polar surface area (TPSA) is 97.2 Å². The fourth-order valence-electron chi connectivity index (χ4n) is 1.43. The maximum absolute atomic E-state index is 11.9. The number of pyridine rings is 1. The number of methoxy groups -OCH3 is 1. The highest BCUT2D eigenvalue weighted by Gasteiger charge is 2.10. The molecule has 0 atom stereocenters. The fourth-order valence-corrected chi connectivity index (χ4v) is 1.43. The van der Waals surface area contributed by atoms with Crippen molar-refractivity contribution < 1.29 is 14.6 Å². The molecule has 1 amide bonds. The summed E-state index contributed by atoms with van der Waals surface area (Å²) in [6.45, 7) is 1.76. The number of ether oxygens (including phenoxy) is 1. The van der Waals surface area contributed by atoms with E-state index in [9.17, 15) is 9.90 Å². The van der Waals surface area contributed by atoms with Gasteiger partial charge >= 0.3 is 0 Å². The molecule has 2 N–H and O–H groups in total. The van der Waals surface area contributed by atoms with E-state index in [1.165, 1.54) is 25.6 Å². The number of hydrogen-bond donors (Lipinski definition) is 2. The van der Waals surface area contributed by atoms with Gasteiger partial charge in [-0.15, -0.1) is 0 Å². The van der Waals surface area contributed by atoms with E-state index in [2.05, 4.69) is 20.3 Å². The molecule has 0 aliphatic carbocycles. The minimum Gasteiger partial charge on any atom is -0.506 e. The van der Waals surface area contributed by atoms with Gasteiger partial charge in [-0.25, -0.2) is 4.98 Å². The number of amides is 1. The summed E-state index contributed by atoms with van der Waals surface area (Å²) in [6.07, 6.45) is 2.57. The number of nitrogens with zero attached hydrogens (tertiary/aromatic N) is 3. The molecule has 98 valence electrons. The Labute approximate surface area is 109 Å². The number of carbonyl (C=O) groups is 1. The van der Waals surface area contributed by atoms with Crippen molar-refractivity contribution >= 4 is 11.9 Å². The number of rotatable bonds is 3. The lowest BCUT2D eigenvalue weighted by molar-refractivity contribution is 0.102. The van der Waals surface area contributed by atoms with Crippen molar-refractivity contribution in [1.29, 1.82) is 0 Å². The Kier molecular flexibility index (Phi) is 3.56. The summed E-state index contributed by atoms with van der Waals surface area (Å²) in [6, 6.07) is 2.95. The van der Waals surface area contributed by atoms with Gasteiger partial charge in [0.2, 0.25) is 11.8 Å². The lowest BCUT2D eigenvalue weighted by Gasteiger charge is -2.06. The zero-order valence-corrected chi connectivity index (χ0v) is 10.4. The van der Waals surface area contributed by atoms with Gasteiger partial charge in [0.15, 0.2) is 0 Å². The van der Waals surface area contributed by atoms with Crippen molar-refractivity contribution in [3.05, 3.63) is 35.8 Å². The molecule has 0 aliphatic heterocycles. The van der Waals surface area contributed by atoms with Crippen molar-refractivity contribution in [2.75, 3.05) is 12.4 Å². The van der Waals surface area contributed by atoms with Crippen LogP contribution in [0.5, 0.6) is 11.6 Å². The van der Waals surface area contributed by atoms with Crippen LogP contribution in [0, 0.1) is 6.92 Å². The molecule has 0 unspecified atom stereocenters. The molecule has 2 heterocycles. The van der Waals surface area contributed by atoms with Crippen LogP contribution in [0.15, 0.2) is 24.5 Å². The van der Waals surface area contributed by atoms with Gasteiger partial charge in [-0.3, -0.25) is 15.1 Å². The van der Waals surface area contributed by atoms with Crippen LogP contribution >= 0.6 is 0 Å². The molecule has 0 aliphatic rings. The summed E-state index contributed by atoms with van der Waals surface area (Å²) in [5, 5.41) is 11.8. The molecular formula is C12H12N4O3. The Morgan fingerprint density at radius 2 is 2.11 bits per heavy atom. The van der Waals surface area contributed by atoms with Crippen LogP contribution in [0.1, 0.15) is 16.1 Å². The zero-order valence-electron chi connectivity index (χ0n) is 10.4. The Bertz CT molecular complexity index is 616. The van der Waals surface area contributed by atoms with Crippen LogP contribution in [-0.2, 0) is 0 Å². The summed E-state index contributed by atoms with van der Waals surface area (Å²) in [7, 11) is 1.48. The number of aryl methyl sites for hydroxylation is 1. The van der Waals surface area contributed by atoms with Gasteiger partial charge in [0, 0.05) is 18.0 Å². The minimum atomic E-state index is -0.462. The Balaban J connectivity index is 2.21. The summed E-state index contributed by atoms with van der Waals surface area (Å²) < 4.78 is 4.99. The summed E-state index contributed by atoms with van der Waals surface area (Å²) in [4.78, 5) is 23.7. The molecule has 0 spiro atoms. The van der Waals surface area contributed by atoms with Crippen molar-refractivity contribution in [2.24, 2.45) is 0 Å². The maximum Gasteiger partial charge on any atom is 0.259 e. The second kappa shape index (κ2) is 5.30. The van der Waals surface area contributed by atoms with E-state index >= 15 is 0 Å². The van der Waals surface area contributed by atoms with Gasteiger partial charge in [0.25, 0.3) is 5.91 Å². The minimum absolute atomic E-state index is 0.0876. The molecule has 2 aromatic rings. The first-order chi connectivity index (χ1) is 9.08. The summed E-state index contributed by atoms with van der Waals surface area (Å²) >= 11 is 0. The van der Waals surface area contributed by atoms with E-state index in [-0.39, 0.29) is 17.3 Å². The molecule has 2 rings (SSSR count). The van der Waals surface area contributed by atoms with Crippen LogP contribution in [0.3, 0.4) is 0 Å². The molecule has 0 saturated heterocycles. The molecule has 0 radical (unpaired) electrons. The van der Waals surface area contributed by atoms with Crippen LogP contribution < -0.4 is 10.1 Å². The highest BCUT2D eigenvalue weighted by Crippen LogP contribution is 2.13. The number of aromatic hydroxyl groups is 1. The van der Waals surface area contributed by atoms with Crippen molar-refractivity contribution in [2.45, 2.75) is 6.92 Å². The molecule has 7 heteroatoms. The first-order valence-corrected chi connectivity index (χ1v) is 5.43. The number of hydrogen-bond acceptors (Lipinski definition) is 6. The second-order valence-electron chi connectivity index (χ2n) is 3.76. The zero-order chi connectivity index (χ0) is 13.8. The Morgan fingerprint density at radius 1 is 1.32 bits per heavy atom. The fraction of sp³-hybridized carbons (Fsp3) is 0.167. The van der Waals surface area contributed by atoms with E-state index in [4.69, 9.17) is 4.74 Å². The lowest BCUT2D eigenvalue weighted by Crippen LogP contribution is -2.15. The van der Waals surface area contributed by atoms with Gasteiger partial charge in [-0.1, -0.05) is 0 Å². The maximum atomic E-state index is 11.9. The number of anilines is 1. The van der Waals surface area contributed by atoms with Gasteiger partial charge < -0.3 is 9.84 Å². The summed E-state index contributed by atoms with van der Waals surface area (Å²) in [5.41, 5.74) is 0.875. The normalized spacial score (nSPS) is 10.0. The Morgan fingerprint density at radius 3 is 2.79 bits per heavy atom. The van der Waals surface area contributed by atoms with Gasteiger partial charge in [-0.05, 0) is 13.0 Å². The highest BCUT2D eigenvalue weighted by molar-refractivity contribution is 6.03. The quantitative estimate of drug-likeness (QED) is 0.859. The number of aromatic nitrogens is 3. The van der Waals surface area contributed by atoms with Crippen LogP contribution in [0.2, 0.25) is 0 Å². The van der Waals surface area contributed by atoms with E-state index in [1.807, 2.05) is 0 Å². The van der Waals surface area contributed by atoms with Crippen LogP contribution in [0.4, 0.5) is 5.95 Å². The van der Waals surface area contributed by atoms with E-state index in [0.29, 0.717) is 11.6 Å². The van der Waals surface area contributed by atoms with Gasteiger partial charge in [-0.2, -0.15) is 4.98 Å². The first kappa shape index (κ1) is 12.7. The molecule has 0 fully saturated rings. The average molecular weight is 260 g/mol. The third kappa shape index (κ3) is 3.15. The van der Waals surface area contributed by atoms with E-state index in [1.54, 1.807) is 13.0 Å². The van der Waals surface area contributed by atoms with Crippen molar-refractivity contribution in [3.63, 3.8) is 0 Å². The third-order valence-corrected chi connectivity index (χ3v) is 2.25. The smallest absolute Gasteiger partial charge is 0.259 e. The highest BCUT2D eigenvalue weighted by atomic mass is 16.5. The predicted octanol–water partition coefficient (Wildman–Crippen LogP) is 1.15.